The standard InChI is InChI=1S/C24H39N3O5/c1-15-11-10-12-16(2)18(15)19(20(29)26-23(4,5)6)27(13-14-28)21(30)17(3)25-22(31)32-24(7,8)9/h10-12,17,19,28H,13-14H2,1-9H3,(H,25,31)(H,26,29). The average Bonchev–Trinajstić information content (AvgIpc) is 2.59. The number of nitrogens with one attached hydrogen (secondary N) is 2. The van der Waals surface area contributed by atoms with Crippen molar-refractivity contribution < 1.29 is 24.2 Å². The van der Waals surface area contributed by atoms with Crippen molar-refractivity contribution in [2.45, 2.75) is 85.5 Å². The highest BCUT2D eigenvalue weighted by Crippen LogP contribution is 2.29. The summed E-state index contributed by atoms with van der Waals surface area (Å²) in [5.41, 5.74) is 1.15. The first kappa shape index (κ1) is 27.4. The summed E-state index contributed by atoms with van der Waals surface area (Å²) in [6.45, 7) is 15.6. The average molecular weight is 450 g/mol. The molecule has 0 saturated heterocycles. The zero-order valence-corrected chi connectivity index (χ0v) is 20.8. The third-order valence-corrected chi connectivity index (χ3v) is 4.60. The van der Waals surface area contributed by atoms with E-state index in [-0.39, 0.29) is 19.1 Å². The molecule has 1 rings (SSSR count). The normalized spacial score (nSPS) is 13.7. The van der Waals surface area contributed by atoms with E-state index in [2.05, 4.69) is 10.6 Å². The summed E-state index contributed by atoms with van der Waals surface area (Å²) in [7, 11) is 0. The van der Waals surface area contributed by atoms with Gasteiger partial charge in [-0.2, -0.15) is 0 Å². The summed E-state index contributed by atoms with van der Waals surface area (Å²) < 4.78 is 5.25. The third kappa shape index (κ3) is 8.15. The van der Waals surface area contributed by atoms with E-state index in [0.29, 0.717) is 5.56 Å². The van der Waals surface area contributed by atoms with Gasteiger partial charge in [0.1, 0.15) is 17.7 Å². The zero-order chi connectivity index (χ0) is 24.9. The maximum Gasteiger partial charge on any atom is 0.408 e. The highest BCUT2D eigenvalue weighted by atomic mass is 16.6. The lowest BCUT2D eigenvalue weighted by Crippen LogP contribution is -2.54. The van der Waals surface area contributed by atoms with E-state index in [9.17, 15) is 19.5 Å². The highest BCUT2D eigenvalue weighted by molar-refractivity contribution is 5.92. The summed E-state index contributed by atoms with van der Waals surface area (Å²) >= 11 is 0. The van der Waals surface area contributed by atoms with Gasteiger partial charge in [0.15, 0.2) is 0 Å². The number of aliphatic hydroxyl groups is 1. The van der Waals surface area contributed by atoms with Gasteiger partial charge in [-0.25, -0.2) is 4.79 Å². The Balaban J connectivity index is 3.39. The minimum atomic E-state index is -0.974. The Bertz CT molecular complexity index is 804. The summed E-state index contributed by atoms with van der Waals surface area (Å²) in [4.78, 5) is 40.3. The number of ether oxygens (including phenoxy) is 1. The first-order valence-corrected chi connectivity index (χ1v) is 10.9. The molecule has 0 radical (unpaired) electrons. The van der Waals surface area contributed by atoms with Gasteiger partial charge < -0.3 is 25.4 Å². The monoisotopic (exact) mass is 449 g/mol. The van der Waals surface area contributed by atoms with Crippen molar-refractivity contribution >= 4 is 17.9 Å². The molecular weight excluding hydrogens is 410 g/mol. The number of benzene rings is 1. The number of alkyl carbamates (subject to hydrolysis) is 1. The second-order valence-corrected chi connectivity index (χ2v) is 10.1. The fourth-order valence-electron chi connectivity index (χ4n) is 3.39. The van der Waals surface area contributed by atoms with Gasteiger partial charge >= 0.3 is 6.09 Å². The van der Waals surface area contributed by atoms with Crippen molar-refractivity contribution in [3.05, 3.63) is 34.9 Å². The lowest BCUT2D eigenvalue weighted by Gasteiger charge is -2.36. The molecule has 0 aliphatic rings. The van der Waals surface area contributed by atoms with Crippen LogP contribution in [-0.4, -0.2) is 58.2 Å². The second-order valence-electron chi connectivity index (χ2n) is 10.1. The first-order valence-electron chi connectivity index (χ1n) is 10.9. The highest BCUT2D eigenvalue weighted by Gasteiger charge is 2.37. The molecule has 0 aromatic heterocycles. The van der Waals surface area contributed by atoms with E-state index >= 15 is 0 Å². The van der Waals surface area contributed by atoms with Crippen molar-refractivity contribution in [1.29, 1.82) is 0 Å². The maximum atomic E-state index is 13.4. The molecule has 0 aliphatic heterocycles. The van der Waals surface area contributed by atoms with E-state index in [1.807, 2.05) is 52.8 Å². The van der Waals surface area contributed by atoms with Crippen molar-refractivity contribution in [1.82, 2.24) is 15.5 Å². The van der Waals surface area contributed by atoms with E-state index in [0.717, 1.165) is 11.1 Å². The van der Waals surface area contributed by atoms with Gasteiger partial charge in [0.25, 0.3) is 0 Å². The lowest BCUT2D eigenvalue weighted by atomic mass is 9.93. The largest absolute Gasteiger partial charge is 0.444 e. The summed E-state index contributed by atoms with van der Waals surface area (Å²) in [6.07, 6.45) is -0.731. The molecule has 32 heavy (non-hydrogen) atoms. The Hall–Kier alpha value is -2.61. The van der Waals surface area contributed by atoms with Gasteiger partial charge in [-0.1, -0.05) is 18.2 Å². The number of hydrogen-bond acceptors (Lipinski definition) is 5. The molecule has 2 atom stereocenters. The second kappa shape index (κ2) is 10.8. The van der Waals surface area contributed by atoms with E-state index in [4.69, 9.17) is 4.74 Å². The van der Waals surface area contributed by atoms with Crippen LogP contribution in [0.3, 0.4) is 0 Å². The fraction of sp³-hybridized carbons (Fsp3) is 0.625. The van der Waals surface area contributed by atoms with Gasteiger partial charge in [-0.05, 0) is 79.0 Å². The molecule has 3 amide bonds. The molecule has 3 N–H and O–H groups in total. The topological polar surface area (TPSA) is 108 Å². The molecule has 180 valence electrons. The smallest absolute Gasteiger partial charge is 0.408 e. The Morgan fingerprint density at radius 3 is 2.03 bits per heavy atom. The van der Waals surface area contributed by atoms with Crippen LogP contribution in [0.2, 0.25) is 0 Å². The van der Waals surface area contributed by atoms with Crippen LogP contribution in [-0.2, 0) is 14.3 Å². The molecule has 0 spiro atoms. The number of hydrogen-bond donors (Lipinski definition) is 3. The van der Waals surface area contributed by atoms with Crippen LogP contribution in [0.5, 0.6) is 0 Å². The number of carbonyl (C=O) groups excluding carboxylic acids is 3. The number of aliphatic hydroxyl groups excluding tert-OH is 1. The van der Waals surface area contributed by atoms with Crippen molar-refractivity contribution in [2.24, 2.45) is 0 Å². The van der Waals surface area contributed by atoms with E-state index < -0.39 is 35.2 Å². The molecular formula is C24H39N3O5. The molecule has 0 bridgehead atoms. The van der Waals surface area contributed by atoms with Crippen LogP contribution < -0.4 is 10.6 Å². The van der Waals surface area contributed by atoms with Crippen molar-refractivity contribution in [2.75, 3.05) is 13.2 Å². The molecule has 0 aliphatic carbocycles. The molecule has 0 saturated carbocycles. The summed E-state index contributed by atoms with van der Waals surface area (Å²) in [5.74, 6) is -0.859. The molecule has 0 fully saturated rings. The quantitative estimate of drug-likeness (QED) is 0.593. The Morgan fingerprint density at radius 1 is 1.06 bits per heavy atom. The lowest BCUT2D eigenvalue weighted by molar-refractivity contribution is -0.143. The molecule has 8 nitrogen and oxygen atoms in total. The SMILES string of the molecule is Cc1cccc(C)c1C(C(=O)NC(C)(C)C)N(CCO)C(=O)C(C)NC(=O)OC(C)(C)C. The van der Waals surface area contributed by atoms with E-state index in [1.54, 1.807) is 20.8 Å². The molecule has 1 aromatic rings. The van der Waals surface area contributed by atoms with Crippen LogP contribution in [0.1, 0.15) is 71.2 Å². The van der Waals surface area contributed by atoms with Gasteiger partial charge in [-0.3, -0.25) is 9.59 Å². The predicted molar refractivity (Wildman–Crippen MR) is 124 cm³/mol. The van der Waals surface area contributed by atoms with Crippen LogP contribution >= 0.6 is 0 Å². The number of carbonyl (C=O) groups is 3. The van der Waals surface area contributed by atoms with Crippen LogP contribution in [0.4, 0.5) is 4.79 Å². The van der Waals surface area contributed by atoms with Crippen molar-refractivity contribution in [3.8, 4) is 0 Å². The Labute approximate surface area is 191 Å². The van der Waals surface area contributed by atoms with Crippen LogP contribution in [0, 0.1) is 13.8 Å². The van der Waals surface area contributed by atoms with Crippen LogP contribution in [0.15, 0.2) is 18.2 Å². The van der Waals surface area contributed by atoms with Gasteiger partial charge in [0.2, 0.25) is 11.8 Å². The minimum Gasteiger partial charge on any atom is -0.444 e. The number of nitrogens with zero attached hydrogens (tertiary/aromatic N) is 1. The Kier molecular flexibility index (Phi) is 9.26. The van der Waals surface area contributed by atoms with Gasteiger partial charge in [0, 0.05) is 12.1 Å². The molecule has 1 aromatic carbocycles. The van der Waals surface area contributed by atoms with Crippen LogP contribution in [0.25, 0.3) is 0 Å². The predicted octanol–water partition coefficient (Wildman–Crippen LogP) is 2.99. The number of amides is 3. The minimum absolute atomic E-state index is 0.0742. The molecule has 2 unspecified atom stereocenters. The molecule has 8 heteroatoms. The van der Waals surface area contributed by atoms with Crippen molar-refractivity contribution in [3.63, 3.8) is 0 Å². The summed E-state index contributed by atoms with van der Waals surface area (Å²) in [5, 5.41) is 15.2. The zero-order valence-electron chi connectivity index (χ0n) is 20.8. The Morgan fingerprint density at radius 2 is 1.59 bits per heavy atom. The van der Waals surface area contributed by atoms with Gasteiger partial charge in [-0.15, -0.1) is 0 Å². The number of aryl methyl sites for hydroxylation is 2. The summed E-state index contributed by atoms with van der Waals surface area (Å²) in [6, 6.07) is 3.70. The van der Waals surface area contributed by atoms with Gasteiger partial charge in [0.05, 0.1) is 6.61 Å². The third-order valence-electron chi connectivity index (χ3n) is 4.60. The maximum absolute atomic E-state index is 13.4. The number of rotatable bonds is 7. The van der Waals surface area contributed by atoms with E-state index in [1.165, 1.54) is 11.8 Å². The molecule has 0 heterocycles. The first-order chi connectivity index (χ1) is 14.6. The fourth-order valence-corrected chi connectivity index (χ4v) is 3.39.